The molecule has 3 nitrogen and oxygen atoms in total. The number of fused-ring (bicyclic) bond motifs is 1. The van der Waals surface area contributed by atoms with Crippen molar-refractivity contribution >= 4 is 29.3 Å². The number of hydrogen-bond acceptors (Lipinski definition) is 4. The molecule has 0 bridgehead atoms. The number of ether oxygens (including phenoxy) is 1. The quantitative estimate of drug-likeness (QED) is 0.787. The Morgan fingerprint density at radius 2 is 2.38 bits per heavy atom. The summed E-state index contributed by atoms with van der Waals surface area (Å²) in [5, 5.41) is 10.1. The van der Waals surface area contributed by atoms with Gasteiger partial charge in [-0.15, -0.1) is 11.8 Å². The summed E-state index contributed by atoms with van der Waals surface area (Å²) in [5.41, 5.74) is 1.15. The zero-order valence-electron chi connectivity index (χ0n) is 8.70. The molecule has 0 unspecified atom stereocenters. The van der Waals surface area contributed by atoms with Gasteiger partial charge in [0.2, 0.25) is 0 Å². The number of esters is 1. The number of halogens is 1. The third kappa shape index (κ3) is 2.05. The molecule has 1 heterocycles. The van der Waals surface area contributed by atoms with E-state index in [1.807, 2.05) is 0 Å². The molecule has 0 aromatic heterocycles. The topological polar surface area (TPSA) is 46.5 Å². The Labute approximate surface area is 103 Å². The van der Waals surface area contributed by atoms with E-state index in [4.69, 9.17) is 11.6 Å². The van der Waals surface area contributed by atoms with E-state index in [2.05, 4.69) is 4.74 Å². The second-order valence-corrected chi connectivity index (χ2v) is 5.06. The number of carbonyl (C=O) groups is 1. The predicted molar refractivity (Wildman–Crippen MR) is 63.1 cm³/mol. The van der Waals surface area contributed by atoms with E-state index >= 15 is 0 Å². The summed E-state index contributed by atoms with van der Waals surface area (Å²) < 4.78 is 4.64. The van der Waals surface area contributed by atoms with Crippen LogP contribution < -0.4 is 0 Å². The minimum atomic E-state index is -0.486. The molecule has 1 aliphatic heterocycles. The Kier molecular flexibility index (Phi) is 3.42. The van der Waals surface area contributed by atoms with Crippen LogP contribution in [0.3, 0.4) is 0 Å². The molecule has 2 rings (SSSR count). The van der Waals surface area contributed by atoms with Gasteiger partial charge in [-0.2, -0.15) is 0 Å². The van der Waals surface area contributed by atoms with Crippen LogP contribution in [-0.2, 0) is 4.74 Å². The van der Waals surface area contributed by atoms with E-state index in [0.717, 1.165) is 16.2 Å². The second-order valence-electron chi connectivity index (χ2n) is 3.51. The maximum Gasteiger partial charge on any atom is 0.339 e. The lowest BCUT2D eigenvalue weighted by molar-refractivity contribution is 0.0600. The molecule has 86 valence electrons. The van der Waals surface area contributed by atoms with Crippen LogP contribution in [0.25, 0.3) is 0 Å². The predicted octanol–water partition coefficient (Wildman–Crippen LogP) is 2.66. The highest BCUT2D eigenvalue weighted by atomic mass is 35.5. The van der Waals surface area contributed by atoms with Gasteiger partial charge in [0, 0.05) is 10.6 Å². The summed E-state index contributed by atoms with van der Waals surface area (Å²) in [6, 6.07) is 3.34. The number of methoxy groups -OCH3 is 1. The SMILES string of the molecule is COC(=O)c1cc2c(cc1Cl)[C@H](O)CCS2. The van der Waals surface area contributed by atoms with Crippen LogP contribution in [0.5, 0.6) is 0 Å². The van der Waals surface area contributed by atoms with Crippen molar-refractivity contribution in [2.45, 2.75) is 17.4 Å². The van der Waals surface area contributed by atoms with Gasteiger partial charge >= 0.3 is 5.97 Å². The molecule has 0 saturated carbocycles. The summed E-state index contributed by atoms with van der Waals surface area (Å²) in [6.07, 6.45) is 0.228. The first-order chi connectivity index (χ1) is 7.63. The molecule has 0 amide bonds. The normalized spacial score (nSPS) is 19.1. The largest absolute Gasteiger partial charge is 0.465 e. The number of rotatable bonds is 1. The van der Waals surface area contributed by atoms with Gasteiger partial charge in [-0.1, -0.05) is 11.6 Å². The van der Waals surface area contributed by atoms with Crippen LogP contribution in [0, 0.1) is 0 Å². The van der Waals surface area contributed by atoms with Gasteiger partial charge in [0.15, 0.2) is 0 Å². The molecule has 1 atom stereocenters. The van der Waals surface area contributed by atoms with Gasteiger partial charge < -0.3 is 9.84 Å². The maximum atomic E-state index is 11.4. The number of thioether (sulfide) groups is 1. The lowest BCUT2D eigenvalue weighted by atomic mass is 10.0. The van der Waals surface area contributed by atoms with E-state index in [1.165, 1.54) is 7.11 Å². The van der Waals surface area contributed by atoms with Crippen LogP contribution in [0.1, 0.15) is 28.4 Å². The number of aliphatic hydroxyl groups is 1. The van der Waals surface area contributed by atoms with Crippen molar-refractivity contribution in [3.05, 3.63) is 28.3 Å². The van der Waals surface area contributed by atoms with Crippen molar-refractivity contribution in [2.75, 3.05) is 12.9 Å². The van der Waals surface area contributed by atoms with Crippen LogP contribution in [0.2, 0.25) is 5.02 Å². The summed E-state index contributed by atoms with van der Waals surface area (Å²) in [6.45, 7) is 0. The van der Waals surface area contributed by atoms with Gasteiger partial charge in [-0.05, 0) is 24.1 Å². The van der Waals surface area contributed by atoms with Crippen LogP contribution in [0.15, 0.2) is 17.0 Å². The molecular weight excluding hydrogens is 248 g/mol. The average molecular weight is 259 g/mol. The number of carbonyl (C=O) groups excluding carboxylic acids is 1. The highest BCUT2D eigenvalue weighted by Crippen LogP contribution is 2.39. The Morgan fingerprint density at radius 1 is 1.62 bits per heavy atom. The summed E-state index contributed by atoms with van der Waals surface area (Å²) in [4.78, 5) is 12.3. The highest BCUT2D eigenvalue weighted by molar-refractivity contribution is 7.99. The fourth-order valence-corrected chi connectivity index (χ4v) is 3.03. The van der Waals surface area contributed by atoms with Gasteiger partial charge in [0.05, 0.1) is 23.8 Å². The lowest BCUT2D eigenvalue weighted by Gasteiger charge is -2.21. The standard InChI is InChI=1S/C11H11ClO3S/c1-15-11(14)6-5-10-7(4-8(6)12)9(13)2-3-16-10/h4-5,9,13H,2-3H2,1H3/t9-/m1/s1. The monoisotopic (exact) mass is 258 g/mol. The van der Waals surface area contributed by atoms with E-state index in [9.17, 15) is 9.90 Å². The van der Waals surface area contributed by atoms with Crippen molar-refractivity contribution in [1.82, 2.24) is 0 Å². The smallest absolute Gasteiger partial charge is 0.339 e. The highest BCUT2D eigenvalue weighted by Gasteiger charge is 2.22. The third-order valence-corrected chi connectivity index (χ3v) is 3.93. The Bertz CT molecular complexity index is 433. The van der Waals surface area contributed by atoms with Gasteiger partial charge in [-0.3, -0.25) is 0 Å². The molecule has 0 saturated heterocycles. The fraction of sp³-hybridized carbons (Fsp3) is 0.364. The first kappa shape index (κ1) is 11.8. The van der Waals surface area contributed by atoms with Crippen LogP contribution in [0.4, 0.5) is 0 Å². The second kappa shape index (κ2) is 4.65. The zero-order valence-corrected chi connectivity index (χ0v) is 10.3. The summed E-state index contributed by atoms with van der Waals surface area (Å²) >= 11 is 7.60. The zero-order chi connectivity index (χ0) is 11.7. The van der Waals surface area contributed by atoms with Gasteiger partial charge in [0.25, 0.3) is 0 Å². The summed E-state index contributed by atoms with van der Waals surface area (Å²) in [5.74, 6) is 0.393. The maximum absolute atomic E-state index is 11.4. The van der Waals surface area contributed by atoms with Gasteiger partial charge in [0.1, 0.15) is 0 Å². The Hall–Kier alpha value is -0.710. The molecule has 1 N–H and O–H groups in total. The first-order valence-corrected chi connectivity index (χ1v) is 6.22. The first-order valence-electron chi connectivity index (χ1n) is 4.86. The molecule has 1 aliphatic rings. The van der Waals surface area contributed by atoms with Crippen LogP contribution >= 0.6 is 23.4 Å². The van der Waals surface area contributed by atoms with Crippen molar-refractivity contribution in [3.63, 3.8) is 0 Å². The number of benzene rings is 1. The Balaban J connectivity index is 2.48. The van der Waals surface area contributed by atoms with Crippen LogP contribution in [-0.4, -0.2) is 23.9 Å². The molecular formula is C11H11ClO3S. The molecule has 1 aromatic rings. The van der Waals surface area contributed by atoms with E-state index in [-0.39, 0.29) is 0 Å². The molecule has 5 heteroatoms. The molecule has 0 aliphatic carbocycles. The van der Waals surface area contributed by atoms with Gasteiger partial charge in [-0.25, -0.2) is 4.79 Å². The van der Waals surface area contributed by atoms with E-state index in [0.29, 0.717) is 17.0 Å². The molecule has 0 radical (unpaired) electrons. The Morgan fingerprint density at radius 3 is 3.06 bits per heavy atom. The molecule has 0 spiro atoms. The fourth-order valence-electron chi connectivity index (χ4n) is 1.66. The minimum absolute atomic E-state index is 0.326. The minimum Gasteiger partial charge on any atom is -0.465 e. The number of hydrogen-bond donors (Lipinski definition) is 1. The lowest BCUT2D eigenvalue weighted by Crippen LogP contribution is -2.09. The van der Waals surface area contributed by atoms with E-state index < -0.39 is 12.1 Å². The molecule has 0 fully saturated rings. The van der Waals surface area contributed by atoms with Crippen molar-refractivity contribution in [2.24, 2.45) is 0 Å². The molecule has 16 heavy (non-hydrogen) atoms. The third-order valence-electron chi connectivity index (χ3n) is 2.51. The average Bonchev–Trinajstić information content (AvgIpc) is 2.29. The van der Waals surface area contributed by atoms with Crippen molar-refractivity contribution in [3.8, 4) is 0 Å². The number of aliphatic hydroxyl groups excluding tert-OH is 1. The summed E-state index contributed by atoms with van der Waals surface area (Å²) in [7, 11) is 1.32. The van der Waals surface area contributed by atoms with Crippen molar-refractivity contribution < 1.29 is 14.6 Å². The van der Waals surface area contributed by atoms with Crippen molar-refractivity contribution in [1.29, 1.82) is 0 Å². The molecule has 1 aromatic carbocycles. The van der Waals surface area contributed by atoms with E-state index in [1.54, 1.807) is 23.9 Å².